The van der Waals surface area contributed by atoms with E-state index in [9.17, 15) is 4.79 Å². The third-order valence-electron chi connectivity index (χ3n) is 4.02. The first kappa shape index (κ1) is 13.9. The number of anilines is 1. The quantitative estimate of drug-likeness (QED) is 0.834. The van der Waals surface area contributed by atoms with Crippen LogP contribution in [0.2, 0.25) is 0 Å². The summed E-state index contributed by atoms with van der Waals surface area (Å²) in [5, 5.41) is 0. The maximum atomic E-state index is 12.1. The van der Waals surface area contributed by atoms with Crippen molar-refractivity contribution in [3.63, 3.8) is 0 Å². The summed E-state index contributed by atoms with van der Waals surface area (Å²) in [6.45, 7) is 9.76. The van der Waals surface area contributed by atoms with Gasteiger partial charge in [-0.1, -0.05) is 31.5 Å². The van der Waals surface area contributed by atoms with E-state index in [1.807, 2.05) is 11.8 Å². The van der Waals surface area contributed by atoms with Gasteiger partial charge in [0.25, 0.3) is 0 Å². The lowest BCUT2D eigenvalue weighted by Crippen LogP contribution is -2.50. The molecule has 2 rings (SSSR count). The van der Waals surface area contributed by atoms with Crippen LogP contribution in [0.3, 0.4) is 0 Å². The highest BCUT2D eigenvalue weighted by molar-refractivity contribution is 5.78. The van der Waals surface area contributed by atoms with Crippen molar-refractivity contribution in [2.45, 2.75) is 27.2 Å². The summed E-state index contributed by atoms with van der Waals surface area (Å²) in [4.78, 5) is 16.5. The van der Waals surface area contributed by atoms with Crippen LogP contribution >= 0.6 is 0 Å². The fourth-order valence-corrected chi connectivity index (χ4v) is 2.43. The number of nitrogens with zero attached hydrogens (tertiary/aromatic N) is 2. The highest BCUT2D eigenvalue weighted by atomic mass is 16.2. The number of rotatable bonds is 3. The summed E-state index contributed by atoms with van der Waals surface area (Å²) in [7, 11) is 0. The van der Waals surface area contributed by atoms with Gasteiger partial charge in [-0.3, -0.25) is 4.79 Å². The molecule has 1 fully saturated rings. The van der Waals surface area contributed by atoms with Gasteiger partial charge < -0.3 is 9.80 Å². The Hall–Kier alpha value is -1.51. The first-order chi connectivity index (χ1) is 9.11. The number of carbonyl (C=O) groups excluding carboxylic acids is 1. The monoisotopic (exact) mass is 260 g/mol. The molecule has 0 aromatic heterocycles. The largest absolute Gasteiger partial charge is 0.368 e. The highest BCUT2D eigenvalue weighted by Crippen LogP contribution is 2.18. The summed E-state index contributed by atoms with van der Waals surface area (Å²) in [5.41, 5.74) is 2.55. The van der Waals surface area contributed by atoms with Crippen molar-refractivity contribution in [2.75, 3.05) is 31.1 Å². The molecule has 0 aliphatic carbocycles. The molecule has 1 saturated heterocycles. The van der Waals surface area contributed by atoms with E-state index < -0.39 is 0 Å². The molecule has 1 heterocycles. The minimum Gasteiger partial charge on any atom is -0.368 e. The van der Waals surface area contributed by atoms with Gasteiger partial charge >= 0.3 is 0 Å². The third kappa shape index (κ3) is 3.28. The normalized spacial score (nSPS) is 17.4. The van der Waals surface area contributed by atoms with Crippen molar-refractivity contribution < 1.29 is 4.79 Å². The predicted molar refractivity (Wildman–Crippen MR) is 79.4 cm³/mol. The van der Waals surface area contributed by atoms with Crippen LogP contribution < -0.4 is 4.90 Å². The van der Waals surface area contributed by atoms with Crippen molar-refractivity contribution in [2.24, 2.45) is 5.92 Å². The highest BCUT2D eigenvalue weighted by Gasteiger charge is 2.23. The lowest BCUT2D eigenvalue weighted by molar-refractivity contribution is -0.135. The average Bonchev–Trinajstić information content (AvgIpc) is 2.46. The van der Waals surface area contributed by atoms with Crippen molar-refractivity contribution in [3.8, 4) is 0 Å². The standard InChI is InChI=1S/C16H24N2O/c1-4-14(3)16(19)18-11-9-17(10-12-18)15-7-5-13(2)6-8-15/h5-8,14H,4,9-12H2,1-3H3. The lowest BCUT2D eigenvalue weighted by Gasteiger charge is -2.37. The van der Waals surface area contributed by atoms with Crippen LogP contribution in [0.5, 0.6) is 0 Å². The van der Waals surface area contributed by atoms with E-state index in [0.717, 1.165) is 32.6 Å². The lowest BCUT2D eigenvalue weighted by atomic mass is 10.1. The van der Waals surface area contributed by atoms with Crippen LogP contribution in [-0.4, -0.2) is 37.0 Å². The van der Waals surface area contributed by atoms with Gasteiger partial charge in [0.2, 0.25) is 5.91 Å². The van der Waals surface area contributed by atoms with E-state index in [1.54, 1.807) is 0 Å². The Balaban J connectivity index is 1.92. The summed E-state index contributed by atoms with van der Waals surface area (Å²) in [6.07, 6.45) is 0.928. The molecule has 0 saturated carbocycles. The molecule has 1 unspecified atom stereocenters. The van der Waals surface area contributed by atoms with Crippen LogP contribution in [-0.2, 0) is 4.79 Å². The average molecular weight is 260 g/mol. The zero-order valence-electron chi connectivity index (χ0n) is 12.2. The molecule has 1 atom stereocenters. The molecule has 1 aromatic rings. The van der Waals surface area contributed by atoms with Crippen LogP contribution in [0, 0.1) is 12.8 Å². The molecule has 0 bridgehead atoms. The van der Waals surface area contributed by atoms with Crippen LogP contribution in [0.25, 0.3) is 0 Å². The maximum Gasteiger partial charge on any atom is 0.225 e. The molecule has 104 valence electrons. The number of carbonyl (C=O) groups is 1. The minimum absolute atomic E-state index is 0.158. The summed E-state index contributed by atoms with van der Waals surface area (Å²) in [5.74, 6) is 0.469. The Labute approximate surface area is 116 Å². The molecule has 1 aliphatic heterocycles. The van der Waals surface area contributed by atoms with Crippen LogP contribution in [0.1, 0.15) is 25.8 Å². The van der Waals surface area contributed by atoms with Crippen LogP contribution in [0.15, 0.2) is 24.3 Å². The minimum atomic E-state index is 0.158. The number of hydrogen-bond acceptors (Lipinski definition) is 2. The first-order valence-electron chi connectivity index (χ1n) is 7.22. The van der Waals surface area contributed by atoms with E-state index >= 15 is 0 Å². The SMILES string of the molecule is CCC(C)C(=O)N1CCN(c2ccc(C)cc2)CC1. The maximum absolute atomic E-state index is 12.1. The van der Waals surface area contributed by atoms with Gasteiger partial charge in [0.05, 0.1) is 0 Å². The second kappa shape index (κ2) is 6.09. The van der Waals surface area contributed by atoms with E-state index in [1.165, 1.54) is 11.3 Å². The second-order valence-electron chi connectivity index (χ2n) is 5.46. The number of amides is 1. The van der Waals surface area contributed by atoms with Crippen molar-refractivity contribution >= 4 is 11.6 Å². The fourth-order valence-electron chi connectivity index (χ4n) is 2.43. The smallest absolute Gasteiger partial charge is 0.225 e. The molecule has 1 aromatic carbocycles. The zero-order chi connectivity index (χ0) is 13.8. The van der Waals surface area contributed by atoms with Gasteiger partial charge in [-0.25, -0.2) is 0 Å². The fraction of sp³-hybridized carbons (Fsp3) is 0.562. The summed E-state index contributed by atoms with van der Waals surface area (Å²) < 4.78 is 0. The van der Waals surface area contributed by atoms with Gasteiger partial charge in [0, 0.05) is 37.8 Å². The summed E-state index contributed by atoms with van der Waals surface area (Å²) >= 11 is 0. The molecule has 1 aliphatic rings. The van der Waals surface area contributed by atoms with E-state index in [2.05, 4.69) is 43.0 Å². The van der Waals surface area contributed by atoms with Gasteiger partial charge in [0.15, 0.2) is 0 Å². The van der Waals surface area contributed by atoms with Gasteiger partial charge in [0.1, 0.15) is 0 Å². The zero-order valence-corrected chi connectivity index (χ0v) is 12.2. The predicted octanol–water partition coefficient (Wildman–Crippen LogP) is 2.69. The van der Waals surface area contributed by atoms with Crippen molar-refractivity contribution in [1.29, 1.82) is 0 Å². The number of hydrogen-bond donors (Lipinski definition) is 0. The van der Waals surface area contributed by atoms with E-state index in [-0.39, 0.29) is 5.92 Å². The van der Waals surface area contributed by atoms with Crippen LogP contribution in [0.4, 0.5) is 5.69 Å². The molecule has 3 heteroatoms. The Kier molecular flexibility index (Phi) is 4.46. The third-order valence-corrected chi connectivity index (χ3v) is 4.02. The Morgan fingerprint density at radius 2 is 1.74 bits per heavy atom. The number of piperazine rings is 1. The topological polar surface area (TPSA) is 23.6 Å². The van der Waals surface area contributed by atoms with Crippen molar-refractivity contribution in [1.82, 2.24) is 4.90 Å². The van der Waals surface area contributed by atoms with Gasteiger partial charge in [-0.15, -0.1) is 0 Å². The Morgan fingerprint density at radius 1 is 1.16 bits per heavy atom. The molecule has 1 amide bonds. The number of benzene rings is 1. The molecular formula is C16H24N2O. The second-order valence-corrected chi connectivity index (χ2v) is 5.46. The molecular weight excluding hydrogens is 236 g/mol. The molecule has 0 spiro atoms. The molecule has 19 heavy (non-hydrogen) atoms. The summed E-state index contributed by atoms with van der Waals surface area (Å²) in [6, 6.07) is 8.63. The van der Waals surface area contributed by atoms with E-state index in [4.69, 9.17) is 0 Å². The first-order valence-corrected chi connectivity index (χ1v) is 7.22. The van der Waals surface area contributed by atoms with Gasteiger partial charge in [-0.05, 0) is 25.5 Å². The Bertz CT molecular complexity index is 419. The molecule has 3 nitrogen and oxygen atoms in total. The molecule has 0 radical (unpaired) electrons. The molecule has 0 N–H and O–H groups in total. The van der Waals surface area contributed by atoms with E-state index in [0.29, 0.717) is 5.91 Å². The Morgan fingerprint density at radius 3 is 2.26 bits per heavy atom. The van der Waals surface area contributed by atoms with Gasteiger partial charge in [-0.2, -0.15) is 0 Å². The number of aryl methyl sites for hydroxylation is 1. The van der Waals surface area contributed by atoms with Crippen molar-refractivity contribution in [3.05, 3.63) is 29.8 Å².